The van der Waals surface area contributed by atoms with Crippen LogP contribution < -0.4 is 4.90 Å². The Bertz CT molecular complexity index is 3730. The minimum Gasteiger partial charge on any atom is -0.455 e. The summed E-state index contributed by atoms with van der Waals surface area (Å²) >= 11 is 0. The maximum absolute atomic E-state index is 7.03. The van der Waals surface area contributed by atoms with E-state index in [0.29, 0.717) is 0 Å². The lowest BCUT2D eigenvalue weighted by atomic mass is 9.70. The quantitative estimate of drug-likeness (QED) is 0.176. The van der Waals surface area contributed by atoms with Crippen molar-refractivity contribution < 1.29 is 4.42 Å². The van der Waals surface area contributed by atoms with Crippen LogP contribution >= 0.6 is 0 Å². The number of fused-ring (bicyclic) bond motifs is 18. The van der Waals surface area contributed by atoms with Gasteiger partial charge in [0, 0.05) is 44.1 Å². The van der Waals surface area contributed by atoms with Gasteiger partial charge in [-0.05, 0) is 109 Å². The lowest BCUT2D eigenvalue weighted by Crippen LogP contribution is -2.26. The Balaban J connectivity index is 1.05. The molecule has 0 N–H and O–H groups in total. The molecule has 0 fully saturated rings. The lowest BCUT2D eigenvalue weighted by molar-refractivity contribution is 0.660. The Kier molecular flexibility index (Phi) is 7.13. The van der Waals surface area contributed by atoms with Crippen LogP contribution in [0, 0.1) is 0 Å². The second-order valence-corrected chi connectivity index (χ2v) is 18.3. The van der Waals surface area contributed by atoms with E-state index in [1.807, 2.05) is 0 Å². The van der Waals surface area contributed by atoms with Gasteiger partial charge in [0.25, 0.3) is 0 Å². The molecule has 0 saturated heterocycles. The van der Waals surface area contributed by atoms with Crippen LogP contribution in [0.15, 0.2) is 217 Å². The monoisotopic (exact) mass is 815 g/mol. The second-order valence-electron chi connectivity index (χ2n) is 18.3. The summed E-state index contributed by atoms with van der Waals surface area (Å²) in [6.07, 6.45) is 0. The van der Waals surface area contributed by atoms with Crippen molar-refractivity contribution in [2.45, 2.75) is 24.7 Å². The maximum Gasteiger partial charge on any atom is 0.143 e. The topological polar surface area (TPSA) is 16.4 Å². The van der Waals surface area contributed by atoms with Crippen molar-refractivity contribution in [3.63, 3.8) is 0 Å². The molecule has 11 aromatic rings. The van der Waals surface area contributed by atoms with E-state index in [4.69, 9.17) is 4.42 Å². The molecule has 1 spiro atoms. The van der Waals surface area contributed by atoms with Crippen molar-refractivity contribution in [1.29, 1.82) is 0 Å². The summed E-state index contributed by atoms with van der Waals surface area (Å²) in [5.41, 5.74) is 22.5. The average molecular weight is 816 g/mol. The average Bonchev–Trinajstić information content (AvgIpc) is 4.04. The summed E-state index contributed by atoms with van der Waals surface area (Å²) in [6, 6.07) is 79.0. The van der Waals surface area contributed by atoms with E-state index in [2.05, 4.69) is 231 Å². The molecule has 0 amide bonds. The van der Waals surface area contributed by atoms with Crippen LogP contribution in [-0.2, 0) is 10.8 Å². The standard InChI is InChI=1S/C62H41NO/c1-61(2)52-25-10-5-18-42(52)46-34-31-39(36-56(46)61)63(58-29-14-9-22-48(58)49-23-15-24-50-51-33-30-38-16-3-4-17-41(38)59(51)64-60(49)50)40-32-35-47-45-21-8-13-28-55(45)62(57(47)37-40)53-26-11-6-19-43(53)44-20-7-12-27-54(44)62/h3-37H,1-2H3. The van der Waals surface area contributed by atoms with Crippen molar-refractivity contribution in [2.24, 2.45) is 0 Å². The first kappa shape index (κ1) is 35.6. The highest BCUT2D eigenvalue weighted by atomic mass is 16.3. The van der Waals surface area contributed by atoms with Crippen molar-refractivity contribution >= 4 is 49.8 Å². The Morgan fingerprint density at radius 2 is 0.797 bits per heavy atom. The molecule has 0 bridgehead atoms. The van der Waals surface area contributed by atoms with Crippen molar-refractivity contribution in [2.75, 3.05) is 4.90 Å². The zero-order chi connectivity index (χ0) is 42.3. The largest absolute Gasteiger partial charge is 0.455 e. The molecule has 0 atom stereocenters. The first-order valence-corrected chi connectivity index (χ1v) is 22.4. The normalized spacial score (nSPS) is 14.3. The fourth-order valence-electron chi connectivity index (χ4n) is 12.1. The summed E-state index contributed by atoms with van der Waals surface area (Å²) in [7, 11) is 0. The van der Waals surface area contributed by atoms with Gasteiger partial charge in [-0.3, -0.25) is 0 Å². The van der Waals surface area contributed by atoms with Gasteiger partial charge in [0.05, 0.1) is 11.1 Å². The van der Waals surface area contributed by atoms with Gasteiger partial charge in [0.15, 0.2) is 0 Å². The molecule has 3 aliphatic carbocycles. The molecule has 0 radical (unpaired) electrons. The number of benzene rings is 10. The zero-order valence-electron chi connectivity index (χ0n) is 35.6. The molecule has 1 aromatic heterocycles. The van der Waals surface area contributed by atoms with Crippen LogP contribution in [0.5, 0.6) is 0 Å². The predicted molar refractivity (Wildman–Crippen MR) is 265 cm³/mol. The van der Waals surface area contributed by atoms with Gasteiger partial charge in [-0.25, -0.2) is 0 Å². The fraction of sp³-hybridized carbons (Fsp3) is 0.0645. The summed E-state index contributed by atoms with van der Waals surface area (Å²) in [4.78, 5) is 2.51. The fourth-order valence-corrected chi connectivity index (χ4v) is 12.1. The Hall–Kier alpha value is -7.94. The van der Waals surface area contributed by atoms with E-state index < -0.39 is 5.41 Å². The Labute approximate surface area is 372 Å². The predicted octanol–water partition coefficient (Wildman–Crippen LogP) is 16.5. The highest BCUT2D eigenvalue weighted by Gasteiger charge is 2.51. The van der Waals surface area contributed by atoms with Crippen molar-refractivity contribution in [3.05, 3.63) is 246 Å². The Morgan fingerprint density at radius 1 is 0.328 bits per heavy atom. The molecule has 0 saturated carbocycles. The number of nitrogens with zero attached hydrogens (tertiary/aromatic N) is 1. The third kappa shape index (κ3) is 4.54. The van der Waals surface area contributed by atoms with Gasteiger partial charge in [0.1, 0.15) is 11.2 Å². The molecule has 0 unspecified atom stereocenters. The molecule has 14 rings (SSSR count). The van der Waals surface area contributed by atoms with E-state index in [1.54, 1.807) is 0 Å². The van der Waals surface area contributed by atoms with Crippen molar-refractivity contribution in [1.82, 2.24) is 0 Å². The van der Waals surface area contributed by atoms with Crippen molar-refractivity contribution in [3.8, 4) is 44.5 Å². The molecule has 64 heavy (non-hydrogen) atoms. The van der Waals surface area contributed by atoms with Gasteiger partial charge in [0.2, 0.25) is 0 Å². The van der Waals surface area contributed by atoms with Crippen LogP contribution in [0.3, 0.4) is 0 Å². The lowest BCUT2D eigenvalue weighted by Gasteiger charge is -2.33. The molecule has 10 aromatic carbocycles. The molecule has 3 aliphatic rings. The Morgan fingerprint density at radius 3 is 1.47 bits per heavy atom. The van der Waals surface area contributed by atoms with Gasteiger partial charge in [-0.2, -0.15) is 0 Å². The van der Waals surface area contributed by atoms with Crippen LogP contribution in [0.25, 0.3) is 77.2 Å². The molecule has 2 heteroatoms. The third-order valence-corrected chi connectivity index (χ3v) is 14.9. The van der Waals surface area contributed by atoms with E-state index in [-0.39, 0.29) is 5.41 Å². The summed E-state index contributed by atoms with van der Waals surface area (Å²) in [5, 5.41) is 4.55. The van der Waals surface area contributed by atoms with Gasteiger partial charge in [-0.1, -0.05) is 190 Å². The molecular weight excluding hydrogens is 775 g/mol. The SMILES string of the molecule is CC1(C)c2ccccc2-c2ccc(N(c3ccc4c(c3)C3(c5ccccc5-c5ccccc53)c3ccccc3-4)c3ccccc3-c3cccc4c3oc3c5ccccc5ccc43)cc21. The first-order valence-electron chi connectivity index (χ1n) is 22.4. The third-order valence-electron chi connectivity index (χ3n) is 14.9. The number of hydrogen-bond donors (Lipinski definition) is 0. The van der Waals surface area contributed by atoms with Crippen LogP contribution in [0.1, 0.15) is 47.2 Å². The van der Waals surface area contributed by atoms with E-state index in [0.717, 1.165) is 55.5 Å². The van der Waals surface area contributed by atoms with Gasteiger partial charge in [-0.15, -0.1) is 0 Å². The number of anilines is 3. The van der Waals surface area contributed by atoms with Gasteiger partial charge < -0.3 is 9.32 Å². The molecule has 1 heterocycles. The minimum absolute atomic E-state index is 0.170. The minimum atomic E-state index is -0.468. The number of rotatable bonds is 4. The molecule has 300 valence electrons. The first-order chi connectivity index (χ1) is 31.5. The van der Waals surface area contributed by atoms with Crippen LogP contribution in [0.4, 0.5) is 17.1 Å². The van der Waals surface area contributed by atoms with E-state index in [9.17, 15) is 0 Å². The number of hydrogen-bond acceptors (Lipinski definition) is 2. The van der Waals surface area contributed by atoms with E-state index in [1.165, 1.54) is 72.1 Å². The summed E-state index contributed by atoms with van der Waals surface area (Å²) in [5.74, 6) is 0. The number of para-hydroxylation sites is 2. The molecule has 2 nitrogen and oxygen atoms in total. The number of furan rings is 1. The highest BCUT2D eigenvalue weighted by molar-refractivity contribution is 6.17. The van der Waals surface area contributed by atoms with Crippen LogP contribution in [-0.4, -0.2) is 0 Å². The van der Waals surface area contributed by atoms with E-state index >= 15 is 0 Å². The highest BCUT2D eigenvalue weighted by Crippen LogP contribution is 2.63. The zero-order valence-corrected chi connectivity index (χ0v) is 35.6. The maximum atomic E-state index is 7.03. The van der Waals surface area contributed by atoms with Gasteiger partial charge >= 0.3 is 0 Å². The molecular formula is C62H41NO. The summed E-state index contributed by atoms with van der Waals surface area (Å²) < 4.78 is 7.03. The molecule has 0 aliphatic heterocycles. The second kappa shape index (κ2) is 12.8. The summed E-state index contributed by atoms with van der Waals surface area (Å²) in [6.45, 7) is 4.74. The smallest absolute Gasteiger partial charge is 0.143 e. The van der Waals surface area contributed by atoms with Crippen LogP contribution in [0.2, 0.25) is 0 Å².